The van der Waals surface area contributed by atoms with Crippen LogP contribution in [0.25, 0.3) is 0 Å². The van der Waals surface area contributed by atoms with Crippen LogP contribution in [0.15, 0.2) is 12.1 Å². The van der Waals surface area contributed by atoms with E-state index in [2.05, 4.69) is 31.4 Å². The minimum Gasteiger partial charge on any atom is -0.397 e. The Morgan fingerprint density at radius 1 is 1.47 bits per heavy atom. The number of carbonyl (C=O) groups excluding carboxylic acids is 1. The first-order chi connectivity index (χ1) is 7.91. The van der Waals surface area contributed by atoms with E-state index < -0.39 is 0 Å². The van der Waals surface area contributed by atoms with Crippen molar-refractivity contribution < 1.29 is 4.79 Å². The third-order valence-corrected chi connectivity index (χ3v) is 3.26. The maximum Gasteiger partial charge on any atom is 0.228 e. The van der Waals surface area contributed by atoms with Gasteiger partial charge >= 0.3 is 0 Å². The molecule has 0 radical (unpaired) electrons. The van der Waals surface area contributed by atoms with E-state index in [1.807, 2.05) is 12.1 Å². The maximum atomic E-state index is 11.3. The molecule has 0 saturated heterocycles. The molecule has 1 aliphatic rings. The van der Waals surface area contributed by atoms with Crippen LogP contribution >= 0.6 is 0 Å². The summed E-state index contributed by atoms with van der Waals surface area (Å²) in [5.41, 5.74) is 9.43. The predicted molar refractivity (Wildman–Crippen MR) is 71.2 cm³/mol. The lowest BCUT2D eigenvalue weighted by Crippen LogP contribution is -2.30. The number of anilines is 3. The highest BCUT2D eigenvalue weighted by atomic mass is 16.1. The number of nitrogen functional groups attached to an aromatic ring is 1. The van der Waals surface area contributed by atoms with Crippen molar-refractivity contribution in [3.05, 3.63) is 17.7 Å². The molecule has 0 aromatic heterocycles. The number of nitrogens with one attached hydrogen (secondary N) is 2. The Kier molecular flexibility index (Phi) is 2.73. The van der Waals surface area contributed by atoms with E-state index in [0.29, 0.717) is 12.1 Å². The Labute approximate surface area is 102 Å². The fourth-order valence-corrected chi connectivity index (χ4v) is 1.85. The highest BCUT2D eigenvalue weighted by Gasteiger charge is 2.21. The fourth-order valence-electron chi connectivity index (χ4n) is 1.85. The van der Waals surface area contributed by atoms with E-state index in [1.165, 1.54) is 0 Å². The van der Waals surface area contributed by atoms with Crippen LogP contribution in [0.4, 0.5) is 17.1 Å². The zero-order valence-corrected chi connectivity index (χ0v) is 10.6. The SMILES string of the molecule is CCC(C)(C)Nc1cc2c(cc1N)CC(=O)N2. The molecule has 4 heteroatoms. The molecular weight excluding hydrogens is 214 g/mol. The summed E-state index contributed by atoms with van der Waals surface area (Å²) in [4.78, 5) is 11.3. The largest absolute Gasteiger partial charge is 0.397 e. The second-order valence-electron chi connectivity index (χ2n) is 5.18. The summed E-state index contributed by atoms with van der Waals surface area (Å²) in [6.07, 6.45) is 1.42. The quantitative estimate of drug-likeness (QED) is 0.702. The van der Waals surface area contributed by atoms with Gasteiger partial charge in [0.2, 0.25) is 5.91 Å². The van der Waals surface area contributed by atoms with Gasteiger partial charge in [-0.15, -0.1) is 0 Å². The van der Waals surface area contributed by atoms with Crippen LogP contribution in [0, 0.1) is 0 Å². The van der Waals surface area contributed by atoms with Crippen molar-refractivity contribution in [2.24, 2.45) is 0 Å². The Bertz CT molecular complexity index is 466. The lowest BCUT2D eigenvalue weighted by molar-refractivity contribution is -0.115. The highest BCUT2D eigenvalue weighted by Crippen LogP contribution is 2.33. The van der Waals surface area contributed by atoms with Crippen LogP contribution in [0.2, 0.25) is 0 Å². The van der Waals surface area contributed by atoms with Gasteiger partial charge in [-0.25, -0.2) is 0 Å². The normalized spacial score (nSPS) is 14.4. The van der Waals surface area contributed by atoms with E-state index in [1.54, 1.807) is 0 Å². The molecule has 17 heavy (non-hydrogen) atoms. The number of carbonyl (C=O) groups is 1. The zero-order valence-electron chi connectivity index (χ0n) is 10.6. The summed E-state index contributed by atoms with van der Waals surface area (Å²) in [5.74, 6) is 0.0336. The summed E-state index contributed by atoms with van der Waals surface area (Å²) in [5, 5.41) is 6.24. The number of nitrogens with two attached hydrogens (primary N) is 1. The van der Waals surface area contributed by atoms with Gasteiger partial charge in [-0.2, -0.15) is 0 Å². The number of fused-ring (bicyclic) bond motifs is 1. The molecule has 0 bridgehead atoms. The van der Waals surface area contributed by atoms with Crippen LogP contribution in [0.1, 0.15) is 32.8 Å². The molecule has 92 valence electrons. The lowest BCUT2D eigenvalue weighted by Gasteiger charge is -2.27. The molecule has 0 fully saturated rings. The number of hydrogen-bond donors (Lipinski definition) is 3. The summed E-state index contributed by atoms with van der Waals surface area (Å²) in [6, 6.07) is 3.80. The van der Waals surface area contributed by atoms with Crippen LogP contribution in [-0.4, -0.2) is 11.4 Å². The molecule has 2 rings (SSSR count). The maximum absolute atomic E-state index is 11.3. The van der Waals surface area contributed by atoms with Gasteiger partial charge in [0.15, 0.2) is 0 Å². The van der Waals surface area contributed by atoms with Crippen molar-refractivity contribution in [1.29, 1.82) is 0 Å². The van der Waals surface area contributed by atoms with E-state index in [-0.39, 0.29) is 11.4 Å². The van der Waals surface area contributed by atoms with Crippen molar-refractivity contribution in [3.8, 4) is 0 Å². The van der Waals surface area contributed by atoms with Gasteiger partial charge in [0.1, 0.15) is 0 Å². The first-order valence-corrected chi connectivity index (χ1v) is 5.92. The monoisotopic (exact) mass is 233 g/mol. The van der Waals surface area contributed by atoms with Crippen molar-refractivity contribution >= 4 is 23.0 Å². The second-order valence-corrected chi connectivity index (χ2v) is 5.18. The van der Waals surface area contributed by atoms with Crippen LogP contribution in [-0.2, 0) is 11.2 Å². The standard InChI is InChI=1S/C13H19N3O/c1-4-13(2,3)16-11-7-10-8(5-9(11)14)6-12(17)15-10/h5,7,16H,4,6,14H2,1-3H3,(H,15,17). The smallest absolute Gasteiger partial charge is 0.228 e. The molecule has 0 unspecified atom stereocenters. The molecule has 1 amide bonds. The molecule has 4 N–H and O–H groups in total. The summed E-state index contributed by atoms with van der Waals surface area (Å²) < 4.78 is 0. The molecular formula is C13H19N3O. The Morgan fingerprint density at radius 3 is 2.82 bits per heavy atom. The van der Waals surface area contributed by atoms with Gasteiger partial charge < -0.3 is 16.4 Å². The first-order valence-electron chi connectivity index (χ1n) is 5.92. The van der Waals surface area contributed by atoms with Gasteiger partial charge in [-0.3, -0.25) is 4.79 Å². The van der Waals surface area contributed by atoms with Crippen LogP contribution in [0.5, 0.6) is 0 Å². The minimum atomic E-state index is -0.00896. The second kappa shape index (κ2) is 3.95. The molecule has 0 spiro atoms. The molecule has 1 aliphatic heterocycles. The third-order valence-electron chi connectivity index (χ3n) is 3.26. The lowest BCUT2D eigenvalue weighted by atomic mass is 10.0. The molecule has 4 nitrogen and oxygen atoms in total. The van der Waals surface area contributed by atoms with Crippen molar-refractivity contribution in [2.75, 3.05) is 16.4 Å². The Balaban J connectivity index is 2.31. The molecule has 1 aromatic carbocycles. The van der Waals surface area contributed by atoms with Gasteiger partial charge in [0.25, 0.3) is 0 Å². The molecule has 0 saturated carbocycles. The van der Waals surface area contributed by atoms with Crippen LogP contribution < -0.4 is 16.4 Å². The van der Waals surface area contributed by atoms with E-state index in [9.17, 15) is 4.79 Å². The molecule has 1 aromatic rings. The third kappa shape index (κ3) is 2.35. The number of rotatable bonds is 3. The topological polar surface area (TPSA) is 67.1 Å². The Morgan fingerprint density at radius 2 is 2.18 bits per heavy atom. The summed E-state index contributed by atoms with van der Waals surface area (Å²) >= 11 is 0. The molecule has 1 heterocycles. The highest BCUT2D eigenvalue weighted by molar-refractivity contribution is 6.00. The molecule has 0 atom stereocenters. The number of benzene rings is 1. The Hall–Kier alpha value is -1.71. The number of hydrogen-bond acceptors (Lipinski definition) is 3. The van der Waals surface area contributed by atoms with Gasteiger partial charge in [0.05, 0.1) is 17.8 Å². The predicted octanol–water partition coefficient (Wildman–Crippen LogP) is 2.36. The van der Waals surface area contributed by atoms with Gasteiger partial charge in [-0.05, 0) is 38.0 Å². The van der Waals surface area contributed by atoms with Crippen molar-refractivity contribution in [1.82, 2.24) is 0 Å². The summed E-state index contributed by atoms with van der Waals surface area (Å²) in [6.45, 7) is 6.37. The van der Waals surface area contributed by atoms with Crippen LogP contribution in [0.3, 0.4) is 0 Å². The summed E-state index contributed by atoms with van der Waals surface area (Å²) in [7, 11) is 0. The van der Waals surface area contributed by atoms with Gasteiger partial charge in [-0.1, -0.05) is 6.92 Å². The zero-order chi connectivity index (χ0) is 12.6. The molecule has 0 aliphatic carbocycles. The van der Waals surface area contributed by atoms with E-state index >= 15 is 0 Å². The minimum absolute atomic E-state index is 0.00896. The van der Waals surface area contributed by atoms with Crippen molar-refractivity contribution in [3.63, 3.8) is 0 Å². The van der Waals surface area contributed by atoms with E-state index in [0.717, 1.165) is 23.4 Å². The fraction of sp³-hybridized carbons (Fsp3) is 0.462. The van der Waals surface area contributed by atoms with Crippen molar-refractivity contribution in [2.45, 2.75) is 39.2 Å². The van der Waals surface area contributed by atoms with Gasteiger partial charge in [0, 0.05) is 11.2 Å². The van der Waals surface area contributed by atoms with E-state index in [4.69, 9.17) is 5.73 Å². The average Bonchev–Trinajstić information content (AvgIpc) is 2.58. The number of amides is 1. The first kappa shape index (κ1) is 11.8. The average molecular weight is 233 g/mol.